The molecule has 1 heterocycles. The Morgan fingerprint density at radius 2 is 1.89 bits per heavy atom. The molecule has 0 saturated carbocycles. The number of nitrogens with zero attached hydrogens (tertiary/aromatic N) is 2. The van der Waals surface area contributed by atoms with Gasteiger partial charge in [0.15, 0.2) is 4.32 Å². The van der Waals surface area contributed by atoms with E-state index in [-0.39, 0.29) is 25.5 Å². The molecule has 2 amide bonds. The molecular weight excluding hydrogens is 410 g/mol. The van der Waals surface area contributed by atoms with Gasteiger partial charge in [0.05, 0.1) is 20.4 Å². The number of hydrogen-bond donors (Lipinski definition) is 1. The maximum atomic E-state index is 12.5. The lowest BCUT2D eigenvalue weighted by Gasteiger charge is -2.16. The summed E-state index contributed by atoms with van der Waals surface area (Å²) in [5.74, 6) is -1.06. The molecule has 1 saturated heterocycles. The van der Waals surface area contributed by atoms with Gasteiger partial charge in [0.2, 0.25) is 0 Å². The van der Waals surface area contributed by atoms with Crippen molar-refractivity contribution in [2.75, 3.05) is 0 Å². The first kappa shape index (κ1) is 19.0. The monoisotopic (exact) mass is 419 g/mol. The molecule has 0 radical (unpaired) electrons. The van der Waals surface area contributed by atoms with Crippen molar-refractivity contribution in [3.8, 4) is 0 Å². The number of hydrazine groups is 1. The van der Waals surface area contributed by atoms with Crippen molar-refractivity contribution in [1.29, 1.82) is 0 Å². The minimum absolute atomic E-state index is 0.0493. The van der Waals surface area contributed by atoms with Gasteiger partial charge in [0.25, 0.3) is 17.5 Å². The van der Waals surface area contributed by atoms with Gasteiger partial charge < -0.3 is 0 Å². The number of non-ortho nitro benzene ring substituents is 1. The molecule has 10 heteroatoms. The quantitative estimate of drug-likeness (QED) is 0.351. The van der Waals surface area contributed by atoms with Crippen molar-refractivity contribution in [1.82, 2.24) is 10.4 Å². The number of amides is 2. The van der Waals surface area contributed by atoms with Gasteiger partial charge in [-0.3, -0.25) is 25.1 Å². The van der Waals surface area contributed by atoms with Crippen LogP contribution in [-0.4, -0.2) is 26.1 Å². The van der Waals surface area contributed by atoms with Gasteiger partial charge in [0.1, 0.15) is 0 Å². The number of halogens is 1. The molecule has 0 aliphatic carbocycles. The number of nitrogens with one attached hydrogen (secondary N) is 1. The van der Waals surface area contributed by atoms with Gasteiger partial charge in [-0.1, -0.05) is 35.5 Å². The molecule has 0 bridgehead atoms. The largest absolute Gasteiger partial charge is 0.285 e. The SMILES string of the molecule is O=C(NN1C(=O)C(=Cc2ccc([N+](=O)[O-])cc2)SC1=S)c1ccccc1Cl. The van der Waals surface area contributed by atoms with Crippen LogP contribution in [0.5, 0.6) is 0 Å². The molecule has 2 aromatic rings. The van der Waals surface area contributed by atoms with Crippen LogP contribution in [0.15, 0.2) is 53.4 Å². The van der Waals surface area contributed by atoms with E-state index in [1.54, 1.807) is 24.3 Å². The van der Waals surface area contributed by atoms with Crippen LogP contribution in [0.1, 0.15) is 15.9 Å². The summed E-state index contributed by atoms with van der Waals surface area (Å²) in [5, 5.41) is 11.9. The Balaban J connectivity index is 1.77. The summed E-state index contributed by atoms with van der Waals surface area (Å²) in [4.78, 5) is 35.4. The zero-order chi connectivity index (χ0) is 19.6. The number of nitro benzene ring substituents is 1. The third-order valence-electron chi connectivity index (χ3n) is 3.53. The summed E-state index contributed by atoms with van der Waals surface area (Å²) in [7, 11) is 0. The maximum Gasteiger partial charge on any atom is 0.285 e. The van der Waals surface area contributed by atoms with Crippen LogP contribution in [0.3, 0.4) is 0 Å². The standard InChI is InChI=1S/C17H10ClN3O4S2/c18-13-4-2-1-3-12(13)15(22)19-20-16(23)14(27-17(20)26)9-10-5-7-11(8-6-10)21(24)25/h1-9H,(H,19,22). The Labute approximate surface area is 168 Å². The molecule has 3 rings (SSSR count). The molecule has 0 atom stereocenters. The number of rotatable bonds is 4. The second-order valence-corrected chi connectivity index (χ2v) is 7.37. The van der Waals surface area contributed by atoms with E-state index in [0.29, 0.717) is 5.56 Å². The minimum atomic E-state index is -0.562. The van der Waals surface area contributed by atoms with Crippen LogP contribution in [0, 0.1) is 10.1 Å². The molecular formula is C17H10ClN3O4S2. The summed E-state index contributed by atoms with van der Waals surface area (Å²) in [6, 6.07) is 12.2. The van der Waals surface area contributed by atoms with Gasteiger partial charge in [-0.2, -0.15) is 5.01 Å². The van der Waals surface area contributed by atoms with Crippen LogP contribution in [-0.2, 0) is 4.79 Å². The van der Waals surface area contributed by atoms with Gasteiger partial charge in [-0.15, -0.1) is 0 Å². The second-order valence-electron chi connectivity index (χ2n) is 5.29. The van der Waals surface area contributed by atoms with Crippen molar-refractivity contribution in [2.45, 2.75) is 0 Å². The Kier molecular flexibility index (Phi) is 5.54. The first-order chi connectivity index (χ1) is 12.9. The zero-order valence-corrected chi connectivity index (χ0v) is 15.8. The van der Waals surface area contributed by atoms with Crippen LogP contribution in [0.25, 0.3) is 6.08 Å². The first-order valence-electron chi connectivity index (χ1n) is 7.45. The lowest BCUT2D eigenvalue weighted by Crippen LogP contribution is -2.44. The average molecular weight is 420 g/mol. The summed E-state index contributed by atoms with van der Waals surface area (Å²) in [6.45, 7) is 0. The number of thiocarbonyl (C=S) groups is 1. The van der Waals surface area contributed by atoms with Gasteiger partial charge in [0, 0.05) is 12.1 Å². The van der Waals surface area contributed by atoms with Crippen molar-refractivity contribution < 1.29 is 14.5 Å². The molecule has 2 aromatic carbocycles. The molecule has 0 unspecified atom stereocenters. The number of carbonyl (C=O) groups is 2. The highest BCUT2D eigenvalue weighted by atomic mass is 35.5. The fourth-order valence-corrected chi connectivity index (χ4v) is 3.62. The smallest absolute Gasteiger partial charge is 0.267 e. The normalized spacial score (nSPS) is 15.3. The summed E-state index contributed by atoms with van der Waals surface area (Å²) in [6.07, 6.45) is 1.55. The average Bonchev–Trinajstić information content (AvgIpc) is 2.90. The Morgan fingerprint density at radius 3 is 2.52 bits per heavy atom. The van der Waals surface area contributed by atoms with E-state index in [1.807, 2.05) is 0 Å². The van der Waals surface area contributed by atoms with E-state index in [9.17, 15) is 19.7 Å². The van der Waals surface area contributed by atoms with E-state index >= 15 is 0 Å². The molecule has 27 heavy (non-hydrogen) atoms. The zero-order valence-electron chi connectivity index (χ0n) is 13.4. The predicted octanol–water partition coefficient (Wildman–Crippen LogP) is 3.79. The fourth-order valence-electron chi connectivity index (χ4n) is 2.21. The van der Waals surface area contributed by atoms with E-state index in [0.717, 1.165) is 16.8 Å². The van der Waals surface area contributed by atoms with Crippen molar-refractivity contribution in [3.63, 3.8) is 0 Å². The topological polar surface area (TPSA) is 92.6 Å². The van der Waals surface area contributed by atoms with Crippen molar-refractivity contribution in [2.24, 2.45) is 0 Å². The van der Waals surface area contributed by atoms with Crippen LogP contribution in [0.4, 0.5) is 5.69 Å². The van der Waals surface area contributed by atoms with E-state index in [1.165, 1.54) is 30.3 Å². The minimum Gasteiger partial charge on any atom is -0.267 e. The number of benzene rings is 2. The van der Waals surface area contributed by atoms with E-state index < -0.39 is 16.7 Å². The molecule has 1 fully saturated rings. The third-order valence-corrected chi connectivity index (χ3v) is 5.16. The van der Waals surface area contributed by atoms with Crippen molar-refractivity contribution in [3.05, 3.63) is 79.7 Å². The number of hydrogen-bond acceptors (Lipinski definition) is 6. The molecule has 1 N–H and O–H groups in total. The van der Waals surface area contributed by atoms with E-state index in [2.05, 4.69) is 5.43 Å². The van der Waals surface area contributed by atoms with Crippen LogP contribution >= 0.6 is 35.6 Å². The van der Waals surface area contributed by atoms with Crippen molar-refractivity contribution >= 4 is 63.5 Å². The Hall–Kier alpha value is -2.75. The molecule has 0 aromatic heterocycles. The lowest BCUT2D eigenvalue weighted by atomic mass is 10.2. The molecule has 0 spiro atoms. The van der Waals surface area contributed by atoms with Gasteiger partial charge in [-0.05, 0) is 48.1 Å². The van der Waals surface area contributed by atoms with E-state index in [4.69, 9.17) is 23.8 Å². The maximum absolute atomic E-state index is 12.5. The van der Waals surface area contributed by atoms with Gasteiger partial charge >= 0.3 is 0 Å². The summed E-state index contributed by atoms with van der Waals surface area (Å²) in [5.41, 5.74) is 3.21. The highest BCUT2D eigenvalue weighted by Crippen LogP contribution is 2.32. The Bertz CT molecular complexity index is 992. The number of carbonyl (C=O) groups excluding carboxylic acids is 2. The number of thioether (sulfide) groups is 1. The molecule has 7 nitrogen and oxygen atoms in total. The summed E-state index contributed by atoms with van der Waals surface area (Å²) >= 11 is 12.2. The molecule has 136 valence electrons. The number of nitro groups is 1. The fraction of sp³-hybridized carbons (Fsp3) is 0. The van der Waals surface area contributed by atoms with Crippen LogP contribution in [0.2, 0.25) is 5.02 Å². The van der Waals surface area contributed by atoms with Crippen LogP contribution < -0.4 is 5.43 Å². The van der Waals surface area contributed by atoms with Gasteiger partial charge in [-0.25, -0.2) is 0 Å². The lowest BCUT2D eigenvalue weighted by molar-refractivity contribution is -0.384. The Morgan fingerprint density at radius 1 is 1.22 bits per heavy atom. The summed E-state index contributed by atoms with van der Waals surface area (Å²) < 4.78 is 0.161. The highest BCUT2D eigenvalue weighted by molar-refractivity contribution is 8.26. The molecule has 1 aliphatic rings. The highest BCUT2D eigenvalue weighted by Gasteiger charge is 2.34. The first-order valence-corrected chi connectivity index (χ1v) is 9.05. The second kappa shape index (κ2) is 7.87. The predicted molar refractivity (Wildman–Crippen MR) is 107 cm³/mol. The third kappa shape index (κ3) is 4.16. The molecule has 1 aliphatic heterocycles.